The van der Waals surface area contributed by atoms with Crippen LogP contribution in [-0.2, 0) is 0 Å². The van der Waals surface area contributed by atoms with Crippen molar-refractivity contribution in [3.05, 3.63) is 0 Å². The lowest BCUT2D eigenvalue weighted by molar-refractivity contribution is 0.0583. The van der Waals surface area contributed by atoms with E-state index in [9.17, 15) is 0 Å². The summed E-state index contributed by atoms with van der Waals surface area (Å²) in [5.41, 5.74) is 0. The van der Waals surface area contributed by atoms with Gasteiger partial charge in [0.1, 0.15) is 0 Å². The summed E-state index contributed by atoms with van der Waals surface area (Å²) in [5.74, 6) is 2.07. The highest BCUT2D eigenvalue weighted by molar-refractivity contribution is 4.83. The molecule has 2 aliphatic heterocycles. The van der Waals surface area contributed by atoms with Gasteiger partial charge in [0.15, 0.2) is 0 Å². The van der Waals surface area contributed by atoms with Gasteiger partial charge in [-0.1, -0.05) is 6.92 Å². The molecule has 3 heteroatoms. The fourth-order valence-corrected chi connectivity index (χ4v) is 4.38. The Hall–Kier alpha value is -0.120. The largest absolute Gasteiger partial charge is 0.306 e. The van der Waals surface area contributed by atoms with Gasteiger partial charge >= 0.3 is 0 Å². The maximum atomic E-state index is 2.77. The maximum Gasteiger partial charge on any atom is 0.0121 e. The number of nitrogens with zero attached hydrogens (tertiary/aromatic N) is 3. The highest BCUT2D eigenvalue weighted by Crippen LogP contribution is 2.35. The topological polar surface area (TPSA) is 9.72 Å². The summed E-state index contributed by atoms with van der Waals surface area (Å²) in [6, 6.07) is 0.876. The zero-order valence-corrected chi connectivity index (χ0v) is 13.6. The molecule has 0 aromatic heterocycles. The monoisotopic (exact) mass is 279 g/mol. The molecule has 0 aromatic rings. The second-order valence-corrected chi connectivity index (χ2v) is 7.64. The van der Waals surface area contributed by atoms with Gasteiger partial charge in [0.25, 0.3) is 0 Å². The quantitative estimate of drug-likeness (QED) is 0.780. The number of rotatable bonds is 4. The van der Waals surface area contributed by atoms with E-state index in [0.717, 1.165) is 17.9 Å². The van der Waals surface area contributed by atoms with Crippen LogP contribution >= 0.6 is 0 Å². The standard InChI is InChI=1S/C17H33N3/c1-15-13-16(14-15)3-8-19-9-11-20(12-10-19)17-4-6-18(2)7-5-17/h15-17H,3-14H2,1-2H3. The number of hydrogen-bond acceptors (Lipinski definition) is 3. The van der Waals surface area contributed by atoms with Crippen LogP contribution in [0.1, 0.15) is 39.0 Å². The van der Waals surface area contributed by atoms with Crippen LogP contribution in [0.2, 0.25) is 0 Å². The number of hydrogen-bond donors (Lipinski definition) is 0. The first-order valence-corrected chi connectivity index (χ1v) is 8.85. The lowest BCUT2D eigenvalue weighted by atomic mass is 9.74. The van der Waals surface area contributed by atoms with E-state index >= 15 is 0 Å². The van der Waals surface area contributed by atoms with Gasteiger partial charge in [-0.2, -0.15) is 0 Å². The molecule has 1 aliphatic carbocycles. The summed E-state index contributed by atoms with van der Waals surface area (Å²) in [6.45, 7) is 11.6. The molecule has 2 saturated heterocycles. The molecular weight excluding hydrogens is 246 g/mol. The average Bonchev–Trinajstić information content (AvgIpc) is 2.44. The molecule has 0 bridgehead atoms. The molecule has 0 radical (unpaired) electrons. The second-order valence-electron chi connectivity index (χ2n) is 7.64. The maximum absolute atomic E-state index is 2.77. The number of piperidine rings is 1. The summed E-state index contributed by atoms with van der Waals surface area (Å²) >= 11 is 0. The van der Waals surface area contributed by atoms with E-state index in [1.54, 1.807) is 0 Å². The highest BCUT2D eigenvalue weighted by atomic mass is 15.3. The molecule has 3 nitrogen and oxygen atoms in total. The molecule has 1 saturated carbocycles. The molecule has 0 spiro atoms. The molecule has 3 aliphatic rings. The zero-order chi connectivity index (χ0) is 13.9. The van der Waals surface area contributed by atoms with Gasteiger partial charge < -0.3 is 9.80 Å². The van der Waals surface area contributed by atoms with Gasteiger partial charge in [-0.3, -0.25) is 4.90 Å². The van der Waals surface area contributed by atoms with Crippen LogP contribution in [-0.4, -0.2) is 73.6 Å². The molecule has 3 fully saturated rings. The van der Waals surface area contributed by atoms with Crippen molar-refractivity contribution in [3.63, 3.8) is 0 Å². The summed E-state index contributed by atoms with van der Waals surface area (Å²) in [4.78, 5) is 7.97. The zero-order valence-electron chi connectivity index (χ0n) is 13.6. The van der Waals surface area contributed by atoms with Crippen LogP contribution in [0.3, 0.4) is 0 Å². The first kappa shape index (κ1) is 14.8. The molecule has 20 heavy (non-hydrogen) atoms. The molecule has 0 atom stereocenters. The Balaban J connectivity index is 1.32. The van der Waals surface area contributed by atoms with Gasteiger partial charge in [-0.05, 0) is 70.6 Å². The van der Waals surface area contributed by atoms with Crippen LogP contribution < -0.4 is 0 Å². The lowest BCUT2D eigenvalue weighted by Gasteiger charge is -2.43. The summed E-state index contributed by atoms with van der Waals surface area (Å²) in [7, 11) is 2.26. The molecule has 0 N–H and O–H groups in total. The van der Waals surface area contributed by atoms with E-state index < -0.39 is 0 Å². The molecule has 116 valence electrons. The van der Waals surface area contributed by atoms with Crippen molar-refractivity contribution in [2.45, 2.75) is 45.1 Å². The molecular formula is C17H33N3. The third kappa shape index (κ3) is 3.75. The van der Waals surface area contributed by atoms with Crippen molar-refractivity contribution < 1.29 is 0 Å². The number of piperazine rings is 1. The van der Waals surface area contributed by atoms with Gasteiger partial charge in [0.05, 0.1) is 0 Å². The van der Waals surface area contributed by atoms with E-state index in [2.05, 4.69) is 28.7 Å². The first-order chi connectivity index (χ1) is 9.70. The van der Waals surface area contributed by atoms with Gasteiger partial charge in [0, 0.05) is 32.2 Å². The van der Waals surface area contributed by atoms with E-state index in [4.69, 9.17) is 0 Å². The minimum absolute atomic E-state index is 0.876. The normalized spacial score (nSPS) is 35.1. The molecule has 0 amide bonds. The fraction of sp³-hybridized carbons (Fsp3) is 1.00. The summed E-state index contributed by atoms with van der Waals surface area (Å²) < 4.78 is 0. The molecule has 0 unspecified atom stereocenters. The smallest absolute Gasteiger partial charge is 0.0121 e. The number of likely N-dealkylation sites (tertiary alicyclic amines) is 1. The van der Waals surface area contributed by atoms with Crippen LogP contribution in [0.25, 0.3) is 0 Å². The van der Waals surface area contributed by atoms with Gasteiger partial charge in [-0.25, -0.2) is 0 Å². The summed E-state index contributed by atoms with van der Waals surface area (Å²) in [5, 5.41) is 0. The van der Waals surface area contributed by atoms with Crippen LogP contribution in [0, 0.1) is 11.8 Å². The predicted molar refractivity (Wildman–Crippen MR) is 85.0 cm³/mol. The van der Waals surface area contributed by atoms with Crippen LogP contribution in [0.5, 0.6) is 0 Å². The Labute approximate surface area is 125 Å². The fourth-order valence-electron chi connectivity index (χ4n) is 4.38. The van der Waals surface area contributed by atoms with E-state index in [0.29, 0.717) is 0 Å². The Morgan fingerprint density at radius 3 is 2.15 bits per heavy atom. The SMILES string of the molecule is CC1CC(CCN2CCN(C3CCN(C)CC3)CC2)C1. The second kappa shape index (κ2) is 6.76. The Kier molecular flexibility index (Phi) is 5.00. The molecule has 2 heterocycles. The van der Waals surface area contributed by atoms with Gasteiger partial charge in [0.2, 0.25) is 0 Å². The van der Waals surface area contributed by atoms with Crippen molar-refractivity contribution in [2.24, 2.45) is 11.8 Å². The van der Waals surface area contributed by atoms with E-state index in [-0.39, 0.29) is 0 Å². The van der Waals surface area contributed by atoms with Crippen LogP contribution in [0.4, 0.5) is 0 Å². The van der Waals surface area contributed by atoms with Crippen LogP contribution in [0.15, 0.2) is 0 Å². The van der Waals surface area contributed by atoms with Gasteiger partial charge in [-0.15, -0.1) is 0 Å². The third-order valence-electron chi connectivity index (χ3n) is 5.94. The third-order valence-corrected chi connectivity index (χ3v) is 5.94. The van der Waals surface area contributed by atoms with E-state index in [1.807, 2.05) is 0 Å². The van der Waals surface area contributed by atoms with Crippen molar-refractivity contribution in [3.8, 4) is 0 Å². The van der Waals surface area contributed by atoms with Crippen molar-refractivity contribution in [1.29, 1.82) is 0 Å². The average molecular weight is 279 g/mol. The minimum Gasteiger partial charge on any atom is -0.306 e. The molecule has 0 aromatic carbocycles. The predicted octanol–water partition coefficient (Wildman–Crippen LogP) is 2.13. The first-order valence-electron chi connectivity index (χ1n) is 8.85. The minimum atomic E-state index is 0.876. The van der Waals surface area contributed by atoms with Crippen molar-refractivity contribution in [2.75, 3.05) is 52.9 Å². The highest BCUT2D eigenvalue weighted by Gasteiger charge is 2.28. The Morgan fingerprint density at radius 2 is 1.55 bits per heavy atom. The Morgan fingerprint density at radius 1 is 0.900 bits per heavy atom. The Bertz CT molecular complexity index is 285. The van der Waals surface area contributed by atoms with Crippen molar-refractivity contribution >= 4 is 0 Å². The van der Waals surface area contributed by atoms with Crippen molar-refractivity contribution in [1.82, 2.24) is 14.7 Å². The van der Waals surface area contributed by atoms with E-state index in [1.165, 1.54) is 77.9 Å². The lowest BCUT2D eigenvalue weighted by Crippen LogP contribution is -2.53. The summed E-state index contributed by atoms with van der Waals surface area (Å²) in [6.07, 6.45) is 7.22. The molecule has 3 rings (SSSR count).